The van der Waals surface area contributed by atoms with Crippen LogP contribution in [0.25, 0.3) is 105 Å². The van der Waals surface area contributed by atoms with E-state index in [9.17, 15) is 0 Å². The molecule has 13 aromatic rings. The minimum Gasteiger partial charge on any atom is -0.455 e. The molecule has 330 valence electrons. The van der Waals surface area contributed by atoms with Gasteiger partial charge in [0.2, 0.25) is 0 Å². The number of fused-ring (bicyclic) bond motifs is 10. The minimum atomic E-state index is -0.121. The maximum Gasteiger partial charge on any atom is 0.145 e. The smallest absolute Gasteiger partial charge is 0.145 e. The number of anilines is 3. The summed E-state index contributed by atoms with van der Waals surface area (Å²) in [6, 6.07) is 88.8. The molecule has 0 spiro atoms. The van der Waals surface area contributed by atoms with Crippen LogP contribution in [0, 0.1) is 0 Å². The van der Waals surface area contributed by atoms with Gasteiger partial charge in [0.1, 0.15) is 11.2 Å². The molecule has 0 saturated heterocycles. The molecule has 3 nitrogen and oxygen atoms in total. The van der Waals surface area contributed by atoms with Gasteiger partial charge in [-0.2, -0.15) is 0 Å². The van der Waals surface area contributed by atoms with Gasteiger partial charge in [0.05, 0.1) is 33.7 Å². The molecule has 0 unspecified atom stereocenters. The summed E-state index contributed by atoms with van der Waals surface area (Å²) in [4.78, 5) is 2.48. The summed E-state index contributed by atoms with van der Waals surface area (Å²) in [5, 5.41) is 7.01. The van der Waals surface area contributed by atoms with Crippen molar-refractivity contribution in [2.75, 3.05) is 4.90 Å². The van der Waals surface area contributed by atoms with Crippen LogP contribution >= 0.6 is 0 Å². The van der Waals surface area contributed by atoms with E-state index in [2.05, 4.69) is 266 Å². The van der Waals surface area contributed by atoms with E-state index in [1.807, 2.05) is 0 Å². The highest BCUT2D eigenvalue weighted by Crippen LogP contribution is 2.53. The molecule has 0 aliphatic heterocycles. The molecule has 1 aliphatic carbocycles. The second kappa shape index (κ2) is 15.6. The van der Waals surface area contributed by atoms with E-state index in [-0.39, 0.29) is 5.41 Å². The second-order valence-electron chi connectivity index (χ2n) is 19.2. The lowest BCUT2D eigenvalue weighted by molar-refractivity contribution is 0.660. The van der Waals surface area contributed by atoms with E-state index in [0.29, 0.717) is 0 Å². The maximum absolute atomic E-state index is 7.17. The second-order valence-corrected chi connectivity index (χ2v) is 19.2. The highest BCUT2D eigenvalue weighted by molar-refractivity contribution is 6.16. The van der Waals surface area contributed by atoms with Gasteiger partial charge in [0.15, 0.2) is 0 Å². The average molecular weight is 895 g/mol. The molecule has 14 rings (SSSR count). The molecule has 0 radical (unpaired) electrons. The highest BCUT2D eigenvalue weighted by Gasteiger charge is 2.35. The third-order valence-corrected chi connectivity index (χ3v) is 15.0. The van der Waals surface area contributed by atoms with E-state index in [1.165, 1.54) is 54.9 Å². The Balaban J connectivity index is 1.07. The number of furan rings is 1. The monoisotopic (exact) mass is 894 g/mol. The van der Waals surface area contributed by atoms with Gasteiger partial charge in [0, 0.05) is 43.8 Å². The van der Waals surface area contributed by atoms with Crippen LogP contribution in [0.4, 0.5) is 17.1 Å². The molecule has 0 atom stereocenters. The first-order chi connectivity index (χ1) is 34.5. The third kappa shape index (κ3) is 6.01. The van der Waals surface area contributed by atoms with Gasteiger partial charge in [-0.05, 0) is 110 Å². The number of nitrogens with zero attached hydrogens (tertiary/aromatic N) is 2. The lowest BCUT2D eigenvalue weighted by Crippen LogP contribution is -2.15. The van der Waals surface area contributed by atoms with Crippen molar-refractivity contribution in [3.63, 3.8) is 0 Å². The Kier molecular flexibility index (Phi) is 8.93. The largest absolute Gasteiger partial charge is 0.455 e. The van der Waals surface area contributed by atoms with Crippen molar-refractivity contribution in [3.05, 3.63) is 254 Å². The molecule has 0 fully saturated rings. The topological polar surface area (TPSA) is 21.3 Å². The molecule has 2 heterocycles. The lowest BCUT2D eigenvalue weighted by Gasteiger charge is -2.31. The molecule has 70 heavy (non-hydrogen) atoms. The van der Waals surface area contributed by atoms with Crippen LogP contribution in [0.15, 0.2) is 247 Å². The molecule has 0 saturated carbocycles. The van der Waals surface area contributed by atoms with Crippen molar-refractivity contribution in [1.29, 1.82) is 0 Å². The Hall–Kier alpha value is -8.92. The van der Waals surface area contributed by atoms with E-state index in [4.69, 9.17) is 4.42 Å². The highest BCUT2D eigenvalue weighted by atomic mass is 16.3. The SMILES string of the molecule is CC1(C)c2ccccc2-c2ccc(-c3cccc(N(c4ccccc4-c4cccc5ccccc45)c4ccc5c(oc6ccccc65)c4-c4ccccc4-n4c5ccccc5c5ccccc54)c3)cc21. The lowest BCUT2D eigenvalue weighted by atomic mass is 9.81. The molecule has 1 aliphatic rings. The van der Waals surface area contributed by atoms with Crippen LogP contribution in [0.1, 0.15) is 25.0 Å². The van der Waals surface area contributed by atoms with Crippen LogP contribution in [0.3, 0.4) is 0 Å². The Bertz CT molecular complexity index is 4180. The predicted molar refractivity (Wildman–Crippen MR) is 294 cm³/mol. The zero-order valence-electron chi connectivity index (χ0n) is 38.9. The predicted octanol–water partition coefficient (Wildman–Crippen LogP) is 18.6. The molecule has 2 aromatic heterocycles. The van der Waals surface area contributed by atoms with Crippen molar-refractivity contribution in [3.8, 4) is 50.2 Å². The molecule has 3 heteroatoms. The van der Waals surface area contributed by atoms with Crippen LogP contribution in [-0.4, -0.2) is 4.57 Å². The maximum atomic E-state index is 7.17. The number of benzene rings is 11. The molecule has 0 N–H and O–H groups in total. The summed E-state index contributed by atoms with van der Waals surface area (Å²) >= 11 is 0. The average Bonchev–Trinajstić information content (AvgIpc) is 4.04. The van der Waals surface area contributed by atoms with Crippen molar-refractivity contribution in [2.24, 2.45) is 0 Å². The summed E-state index contributed by atoms with van der Waals surface area (Å²) in [6.07, 6.45) is 0. The van der Waals surface area contributed by atoms with Gasteiger partial charge in [-0.1, -0.05) is 196 Å². The number of hydrogen-bond acceptors (Lipinski definition) is 2. The fraction of sp³-hybridized carbons (Fsp3) is 0.0448. The van der Waals surface area contributed by atoms with Crippen molar-refractivity contribution in [1.82, 2.24) is 4.57 Å². The van der Waals surface area contributed by atoms with Gasteiger partial charge < -0.3 is 13.9 Å². The third-order valence-electron chi connectivity index (χ3n) is 15.0. The number of hydrogen-bond donors (Lipinski definition) is 0. The van der Waals surface area contributed by atoms with Gasteiger partial charge in [-0.15, -0.1) is 0 Å². The van der Waals surface area contributed by atoms with Crippen molar-refractivity contribution < 1.29 is 4.42 Å². The summed E-state index contributed by atoms with van der Waals surface area (Å²) in [5.74, 6) is 0. The first-order valence-corrected chi connectivity index (χ1v) is 24.3. The summed E-state index contributed by atoms with van der Waals surface area (Å²) in [6.45, 7) is 4.72. The Morgan fingerprint density at radius 2 is 0.986 bits per heavy atom. The number of aromatic nitrogens is 1. The Morgan fingerprint density at radius 1 is 0.386 bits per heavy atom. The molecular weight excluding hydrogens is 849 g/mol. The van der Waals surface area contributed by atoms with Gasteiger partial charge in [-0.3, -0.25) is 0 Å². The normalized spacial score (nSPS) is 12.8. The zero-order valence-corrected chi connectivity index (χ0v) is 38.9. The van der Waals surface area contributed by atoms with Crippen LogP contribution < -0.4 is 4.90 Å². The standard InChI is InChI=1S/C67H46N2O/c1-67(2)57-31-11-5-24-49(57)50-38-37-45(42-58(50)67)44-21-17-22-46(41-44)68(59-32-12-6-25-51(59)48-30-18-20-43-19-3-4-23-47(43)48)63-40-39-55-54-28-10-16-36-64(54)70-66(55)65(63)56-29-9-15-35-62(56)69-60-33-13-7-26-52(60)53-27-8-14-34-61(53)69/h3-42H,1-2H3. The summed E-state index contributed by atoms with van der Waals surface area (Å²) in [7, 11) is 0. The fourth-order valence-electron chi connectivity index (χ4n) is 11.8. The van der Waals surface area contributed by atoms with Crippen LogP contribution in [0.2, 0.25) is 0 Å². The van der Waals surface area contributed by atoms with E-state index in [0.717, 1.165) is 78.0 Å². The molecule has 0 bridgehead atoms. The number of para-hydroxylation sites is 5. The molecule has 0 amide bonds. The van der Waals surface area contributed by atoms with Crippen LogP contribution in [0.5, 0.6) is 0 Å². The van der Waals surface area contributed by atoms with Gasteiger partial charge in [-0.25, -0.2) is 0 Å². The Morgan fingerprint density at radius 3 is 1.81 bits per heavy atom. The molecule has 11 aromatic carbocycles. The van der Waals surface area contributed by atoms with Crippen LogP contribution in [-0.2, 0) is 5.41 Å². The first-order valence-electron chi connectivity index (χ1n) is 24.3. The summed E-state index contributed by atoms with van der Waals surface area (Å²) < 4.78 is 9.60. The van der Waals surface area contributed by atoms with Gasteiger partial charge >= 0.3 is 0 Å². The van der Waals surface area contributed by atoms with Gasteiger partial charge in [0.25, 0.3) is 0 Å². The fourth-order valence-corrected chi connectivity index (χ4v) is 11.8. The Labute approximate surface area is 406 Å². The first kappa shape index (κ1) is 40.2. The quantitative estimate of drug-likeness (QED) is 0.159. The van der Waals surface area contributed by atoms with E-state index in [1.54, 1.807) is 0 Å². The van der Waals surface area contributed by atoms with Crippen molar-refractivity contribution >= 4 is 71.6 Å². The minimum absolute atomic E-state index is 0.121. The summed E-state index contributed by atoms with van der Waals surface area (Å²) in [5.41, 5.74) is 20.2. The number of rotatable bonds is 7. The molecular formula is C67H46N2O. The van der Waals surface area contributed by atoms with E-state index < -0.39 is 0 Å². The van der Waals surface area contributed by atoms with E-state index >= 15 is 0 Å². The zero-order chi connectivity index (χ0) is 46.5. The van der Waals surface area contributed by atoms with Crippen molar-refractivity contribution in [2.45, 2.75) is 19.3 Å².